The van der Waals surface area contributed by atoms with Crippen LogP contribution in [0.15, 0.2) is 52.7 Å². The van der Waals surface area contributed by atoms with Crippen molar-refractivity contribution in [3.63, 3.8) is 0 Å². The van der Waals surface area contributed by atoms with Crippen LogP contribution in [0, 0.1) is 0 Å². The number of carbonyl (C=O) groups excluding carboxylic acids is 2. The number of hydrogen-bond acceptors (Lipinski definition) is 6. The number of methoxy groups -OCH3 is 1. The number of nitrogens with one attached hydrogen (secondary N) is 1. The van der Waals surface area contributed by atoms with Crippen molar-refractivity contribution in [2.45, 2.75) is 0 Å². The van der Waals surface area contributed by atoms with Crippen LogP contribution < -0.4 is 15.0 Å². The average Bonchev–Trinajstić information content (AvgIpc) is 3.19. The SMILES string of the molecule is COc1ccc(N2C(=O)CSC2=NN=C2C(=O)Nc3ccc(Cl)cc32)cc1. The zero-order chi connectivity index (χ0) is 19.0. The van der Waals surface area contributed by atoms with Gasteiger partial charge in [0.2, 0.25) is 5.91 Å². The molecule has 2 aliphatic heterocycles. The van der Waals surface area contributed by atoms with Crippen molar-refractivity contribution in [1.29, 1.82) is 0 Å². The summed E-state index contributed by atoms with van der Waals surface area (Å²) in [5, 5.41) is 11.9. The van der Waals surface area contributed by atoms with Crippen molar-refractivity contribution >= 4 is 57.4 Å². The number of halogens is 1. The molecule has 2 aliphatic rings. The molecule has 0 unspecified atom stereocenters. The van der Waals surface area contributed by atoms with Crippen molar-refractivity contribution < 1.29 is 14.3 Å². The summed E-state index contributed by atoms with van der Waals surface area (Å²) in [6.45, 7) is 0. The van der Waals surface area contributed by atoms with Crippen LogP contribution in [0.25, 0.3) is 0 Å². The first-order valence-corrected chi connectivity index (χ1v) is 9.30. The predicted octanol–water partition coefficient (Wildman–Crippen LogP) is 3.14. The summed E-state index contributed by atoms with van der Waals surface area (Å²) >= 11 is 7.28. The molecule has 2 amide bonds. The Morgan fingerprint density at radius 2 is 1.93 bits per heavy atom. The summed E-state index contributed by atoms with van der Waals surface area (Å²) in [5.74, 6) is 0.475. The van der Waals surface area contributed by atoms with E-state index in [0.29, 0.717) is 32.9 Å². The molecule has 1 fully saturated rings. The van der Waals surface area contributed by atoms with Crippen LogP contribution in [0.3, 0.4) is 0 Å². The van der Waals surface area contributed by atoms with Gasteiger partial charge in [0, 0.05) is 10.6 Å². The first-order valence-electron chi connectivity index (χ1n) is 7.93. The minimum Gasteiger partial charge on any atom is -0.497 e. The minimum absolute atomic E-state index is 0.108. The van der Waals surface area contributed by atoms with E-state index in [-0.39, 0.29) is 23.3 Å². The Kier molecular flexibility index (Phi) is 4.59. The van der Waals surface area contributed by atoms with E-state index >= 15 is 0 Å². The molecular weight excluding hydrogens is 388 g/mol. The van der Waals surface area contributed by atoms with E-state index in [1.807, 2.05) is 0 Å². The number of amidine groups is 1. The topological polar surface area (TPSA) is 83.4 Å². The number of rotatable bonds is 3. The third-order valence-corrected chi connectivity index (χ3v) is 5.18. The Morgan fingerprint density at radius 1 is 1.15 bits per heavy atom. The van der Waals surface area contributed by atoms with Crippen molar-refractivity contribution in [2.24, 2.45) is 10.2 Å². The minimum atomic E-state index is -0.359. The molecule has 9 heteroatoms. The second kappa shape index (κ2) is 7.05. The summed E-state index contributed by atoms with van der Waals surface area (Å²) < 4.78 is 5.14. The Balaban J connectivity index is 1.68. The van der Waals surface area contributed by atoms with Gasteiger partial charge in [-0.2, -0.15) is 0 Å². The smallest absolute Gasteiger partial charge is 0.276 e. The molecule has 1 saturated heterocycles. The maximum absolute atomic E-state index is 12.3. The second-order valence-corrected chi connectivity index (χ2v) is 7.07. The molecule has 4 rings (SSSR count). The fourth-order valence-electron chi connectivity index (χ4n) is 2.74. The lowest BCUT2D eigenvalue weighted by Crippen LogP contribution is -2.29. The maximum atomic E-state index is 12.3. The summed E-state index contributed by atoms with van der Waals surface area (Å²) in [4.78, 5) is 25.9. The molecule has 0 radical (unpaired) electrons. The number of amides is 2. The molecule has 7 nitrogen and oxygen atoms in total. The molecule has 0 aromatic heterocycles. The van der Waals surface area contributed by atoms with E-state index in [2.05, 4.69) is 15.5 Å². The number of fused-ring (bicyclic) bond motifs is 1. The van der Waals surface area contributed by atoms with Crippen LogP contribution in [-0.4, -0.2) is 35.6 Å². The number of thioether (sulfide) groups is 1. The number of ether oxygens (including phenoxy) is 1. The maximum Gasteiger partial charge on any atom is 0.276 e. The highest BCUT2D eigenvalue weighted by atomic mass is 35.5. The molecule has 0 bridgehead atoms. The molecule has 2 aromatic rings. The lowest BCUT2D eigenvalue weighted by molar-refractivity contribution is -0.115. The van der Waals surface area contributed by atoms with Crippen molar-refractivity contribution in [3.05, 3.63) is 53.1 Å². The third kappa shape index (κ3) is 3.29. The third-order valence-electron chi connectivity index (χ3n) is 4.03. The average molecular weight is 401 g/mol. The number of nitrogens with zero attached hydrogens (tertiary/aromatic N) is 3. The predicted molar refractivity (Wildman–Crippen MR) is 107 cm³/mol. The Hall–Kier alpha value is -2.84. The lowest BCUT2D eigenvalue weighted by Gasteiger charge is -2.15. The van der Waals surface area contributed by atoms with Gasteiger partial charge in [0.15, 0.2) is 10.9 Å². The molecule has 27 heavy (non-hydrogen) atoms. The van der Waals surface area contributed by atoms with Gasteiger partial charge < -0.3 is 10.1 Å². The largest absolute Gasteiger partial charge is 0.497 e. The van der Waals surface area contributed by atoms with Crippen LogP contribution in [0.4, 0.5) is 11.4 Å². The summed E-state index contributed by atoms with van der Waals surface area (Å²) in [6.07, 6.45) is 0. The van der Waals surface area contributed by atoms with Gasteiger partial charge in [-0.3, -0.25) is 14.5 Å². The van der Waals surface area contributed by atoms with Gasteiger partial charge in [0.1, 0.15) is 5.75 Å². The molecular formula is C18H13ClN4O3S. The quantitative estimate of drug-likeness (QED) is 0.802. The van der Waals surface area contributed by atoms with E-state index in [9.17, 15) is 9.59 Å². The fourth-order valence-corrected chi connectivity index (χ4v) is 3.73. The molecule has 0 saturated carbocycles. The number of hydrogen-bond donors (Lipinski definition) is 1. The van der Waals surface area contributed by atoms with E-state index in [4.69, 9.17) is 16.3 Å². The van der Waals surface area contributed by atoms with Crippen LogP contribution in [-0.2, 0) is 9.59 Å². The van der Waals surface area contributed by atoms with Crippen LogP contribution in [0.1, 0.15) is 5.56 Å². The normalized spacial score (nSPS) is 19.0. The van der Waals surface area contributed by atoms with E-state index in [0.717, 1.165) is 0 Å². The van der Waals surface area contributed by atoms with E-state index < -0.39 is 0 Å². The molecule has 0 atom stereocenters. The monoisotopic (exact) mass is 400 g/mol. The molecule has 136 valence electrons. The first-order chi connectivity index (χ1) is 13.1. The second-order valence-electron chi connectivity index (χ2n) is 5.69. The number of anilines is 2. The highest BCUT2D eigenvalue weighted by Crippen LogP contribution is 2.30. The molecule has 2 aromatic carbocycles. The fraction of sp³-hybridized carbons (Fsp3) is 0.111. The number of benzene rings is 2. The van der Waals surface area contributed by atoms with Crippen molar-refractivity contribution in [1.82, 2.24) is 0 Å². The van der Waals surface area contributed by atoms with Gasteiger partial charge in [-0.15, -0.1) is 10.2 Å². The Labute approximate surface area is 164 Å². The van der Waals surface area contributed by atoms with Crippen LogP contribution >= 0.6 is 23.4 Å². The zero-order valence-corrected chi connectivity index (χ0v) is 15.7. The van der Waals surface area contributed by atoms with Gasteiger partial charge in [0.05, 0.1) is 24.2 Å². The lowest BCUT2D eigenvalue weighted by atomic mass is 10.1. The zero-order valence-electron chi connectivity index (χ0n) is 14.1. The van der Waals surface area contributed by atoms with Gasteiger partial charge >= 0.3 is 0 Å². The number of carbonyl (C=O) groups is 2. The molecule has 1 N–H and O–H groups in total. The summed E-state index contributed by atoms with van der Waals surface area (Å²) in [6, 6.07) is 12.1. The Bertz CT molecular complexity index is 1000. The highest BCUT2D eigenvalue weighted by molar-refractivity contribution is 8.15. The molecule has 2 heterocycles. The van der Waals surface area contributed by atoms with Crippen LogP contribution in [0.5, 0.6) is 5.75 Å². The standard InChI is InChI=1S/C18H13ClN4O3S/c1-26-12-5-3-11(4-6-12)23-15(24)9-27-18(23)22-21-16-13-8-10(19)2-7-14(13)20-17(16)25/h2-8H,9H2,1H3,(H,20,21,25). The summed E-state index contributed by atoms with van der Waals surface area (Å²) in [5.41, 5.74) is 2.03. The van der Waals surface area contributed by atoms with Crippen LogP contribution in [0.2, 0.25) is 5.02 Å². The van der Waals surface area contributed by atoms with Gasteiger partial charge in [0.25, 0.3) is 5.91 Å². The van der Waals surface area contributed by atoms with Gasteiger partial charge in [-0.1, -0.05) is 23.4 Å². The molecule has 0 spiro atoms. The molecule has 0 aliphatic carbocycles. The van der Waals surface area contributed by atoms with Crippen molar-refractivity contribution in [3.8, 4) is 5.75 Å². The van der Waals surface area contributed by atoms with E-state index in [1.165, 1.54) is 16.7 Å². The highest BCUT2D eigenvalue weighted by Gasteiger charge is 2.31. The summed E-state index contributed by atoms with van der Waals surface area (Å²) in [7, 11) is 1.57. The van der Waals surface area contributed by atoms with Crippen molar-refractivity contribution in [2.75, 3.05) is 23.1 Å². The van der Waals surface area contributed by atoms with Gasteiger partial charge in [-0.25, -0.2) is 0 Å². The first kappa shape index (κ1) is 17.6. The Morgan fingerprint density at radius 3 is 2.67 bits per heavy atom. The van der Waals surface area contributed by atoms with E-state index in [1.54, 1.807) is 49.6 Å². The van der Waals surface area contributed by atoms with Gasteiger partial charge in [-0.05, 0) is 42.5 Å².